The number of nitrogen functional groups attached to an aromatic ring is 1. The number of anilines is 1. The molecule has 0 bridgehead atoms. The number of benzene rings is 3. The van der Waals surface area contributed by atoms with Crippen molar-refractivity contribution in [2.45, 2.75) is 29.1 Å². The number of carboxylic acid groups (broad SMARTS) is 1. The van der Waals surface area contributed by atoms with Crippen LogP contribution < -0.4 is 25.6 Å². The second-order valence-corrected chi connectivity index (χ2v) is 17.9. The number of carbonyl (C=O) groups is 3. The molecule has 0 unspecified atom stereocenters. The number of amides is 1. The molecule has 0 saturated carbocycles. The number of sulfonamides is 1. The molecule has 2 heterocycles. The summed E-state index contributed by atoms with van der Waals surface area (Å²) in [5, 5.41) is 11.1. The first-order valence-electron chi connectivity index (χ1n) is 21.7. The Kier molecular flexibility index (Phi) is 21.5. The Morgan fingerprint density at radius 2 is 1.19 bits per heavy atom. The lowest BCUT2D eigenvalue weighted by molar-refractivity contribution is -0.187. The minimum absolute atomic E-state index is 0.00186. The van der Waals surface area contributed by atoms with Crippen LogP contribution >= 0.6 is 0 Å². The van der Waals surface area contributed by atoms with Crippen molar-refractivity contribution in [3.63, 3.8) is 0 Å². The Hall–Kier alpha value is -5.35. The van der Waals surface area contributed by atoms with Gasteiger partial charge in [0.1, 0.15) is 4.90 Å². The summed E-state index contributed by atoms with van der Waals surface area (Å²) in [5.41, 5.74) is 6.16. The SMILES string of the molecule is C=C1CCC(=O)N1OC(=O)CCOCCOCCOCCOCCOCCOCCOCCOCCNS(=O)(=O)c1c2c(ccc1=C)=C(c1ccccc1C(=O)O)c1ccc(N)c(S(=O)(=O)O)c1O2. The summed E-state index contributed by atoms with van der Waals surface area (Å²) in [4.78, 5) is 39.4. The molecule has 0 atom stereocenters. The third-order valence-electron chi connectivity index (χ3n) is 9.96. The topological polar surface area (TPSA) is 294 Å². The summed E-state index contributed by atoms with van der Waals surface area (Å²) >= 11 is 0. The second-order valence-electron chi connectivity index (χ2n) is 14.9. The van der Waals surface area contributed by atoms with Crippen LogP contribution in [0.4, 0.5) is 5.69 Å². The molecular weight excluding hydrogens is 951 g/mol. The monoisotopic (exact) mass is 1010 g/mol. The maximum atomic E-state index is 13.8. The zero-order chi connectivity index (χ0) is 49.8. The van der Waals surface area contributed by atoms with E-state index in [9.17, 15) is 40.9 Å². The highest BCUT2D eigenvalue weighted by atomic mass is 32.2. The highest BCUT2D eigenvalue weighted by Gasteiger charge is 2.34. The number of allylic oxidation sites excluding steroid dienone is 1. The van der Waals surface area contributed by atoms with Gasteiger partial charge in [-0.15, -0.1) is 5.06 Å². The number of aromatic carboxylic acids is 1. The standard InChI is InChI=1S/C45H57N3O19S2/c1-31-7-9-35-40(33-5-3-4-6-34(33)45(51)52)36-10-11-37(46)44(69(55,56)57)42(36)66-41(35)43(31)68(53,54)47-14-16-59-18-20-61-22-24-63-26-28-65-30-29-64-27-25-62-23-21-60-19-17-58-15-13-39(50)67-48-32(2)8-12-38(48)49/h3-7,9-11,47H,1-2,8,12-30,46H2,(H,51,52)(H,55,56,57). The number of hydroxylamine groups is 2. The average molecular weight is 1010 g/mol. The van der Waals surface area contributed by atoms with Crippen molar-refractivity contribution in [3.05, 3.63) is 87.9 Å². The number of nitrogens with one attached hydrogen (secondary N) is 1. The van der Waals surface area contributed by atoms with Crippen LogP contribution in [0.3, 0.4) is 0 Å². The maximum Gasteiger partial charge on any atom is 0.336 e. The molecule has 2 aliphatic heterocycles. The number of carbonyl (C=O) groups excluding carboxylic acids is 2. The van der Waals surface area contributed by atoms with Crippen LogP contribution in [0.2, 0.25) is 0 Å². The van der Waals surface area contributed by atoms with Crippen molar-refractivity contribution in [1.82, 2.24) is 9.79 Å². The van der Waals surface area contributed by atoms with E-state index in [0.29, 0.717) is 84.8 Å². The van der Waals surface area contributed by atoms with Crippen molar-refractivity contribution >= 4 is 55.8 Å². The van der Waals surface area contributed by atoms with Gasteiger partial charge in [0.05, 0.1) is 129 Å². The van der Waals surface area contributed by atoms with Crippen LogP contribution in [0, 0.1) is 0 Å². The normalized spacial score (nSPS) is 13.6. The Labute approximate surface area is 399 Å². The van der Waals surface area contributed by atoms with Gasteiger partial charge in [-0.25, -0.2) is 22.7 Å². The van der Waals surface area contributed by atoms with E-state index in [0.717, 1.165) is 5.06 Å². The van der Waals surface area contributed by atoms with Crippen molar-refractivity contribution in [1.29, 1.82) is 0 Å². The molecule has 24 heteroatoms. The Balaban J connectivity index is 0.898. The minimum Gasteiger partial charge on any atom is -0.478 e. The average Bonchev–Trinajstić information content (AvgIpc) is 3.61. The van der Waals surface area contributed by atoms with E-state index in [-0.39, 0.29) is 102 Å². The largest absolute Gasteiger partial charge is 0.478 e. The fourth-order valence-corrected chi connectivity index (χ4v) is 8.83. The molecule has 1 saturated heterocycles. The molecule has 3 aromatic carbocycles. The van der Waals surface area contributed by atoms with Gasteiger partial charge in [-0.1, -0.05) is 37.4 Å². The van der Waals surface area contributed by atoms with Crippen LogP contribution in [0.1, 0.15) is 40.7 Å². The van der Waals surface area contributed by atoms with Gasteiger partial charge in [0.2, 0.25) is 10.0 Å². The zero-order valence-corrected chi connectivity index (χ0v) is 39.5. The van der Waals surface area contributed by atoms with Gasteiger partial charge in [-0.05, 0) is 41.5 Å². The van der Waals surface area contributed by atoms with Gasteiger partial charge >= 0.3 is 11.9 Å². The third-order valence-corrected chi connectivity index (χ3v) is 12.5. The number of nitrogens with zero attached hydrogens (tertiary/aromatic N) is 1. The van der Waals surface area contributed by atoms with Crippen LogP contribution in [-0.4, -0.2) is 162 Å². The molecule has 2 aliphatic rings. The Morgan fingerprint density at radius 1 is 0.667 bits per heavy atom. The van der Waals surface area contributed by atoms with E-state index in [4.69, 9.17) is 53.2 Å². The molecule has 1 fully saturated rings. The molecular formula is C45H57N3O19S2. The second kappa shape index (κ2) is 27.2. The van der Waals surface area contributed by atoms with Gasteiger partial charge in [-0.2, -0.15) is 8.42 Å². The predicted octanol–water partition coefficient (Wildman–Crippen LogP) is 1.37. The first-order chi connectivity index (χ1) is 33.1. The summed E-state index contributed by atoms with van der Waals surface area (Å²) in [7, 11) is -9.48. The number of ether oxygens (including phenoxy) is 9. The predicted molar refractivity (Wildman–Crippen MR) is 245 cm³/mol. The molecule has 3 aromatic rings. The van der Waals surface area contributed by atoms with E-state index >= 15 is 0 Å². The summed E-state index contributed by atoms with van der Waals surface area (Å²) in [6, 6.07) is 11.4. The van der Waals surface area contributed by atoms with Crippen LogP contribution in [-0.2, 0) is 72.5 Å². The molecule has 0 radical (unpaired) electrons. The Bertz CT molecular complexity index is 2590. The van der Waals surface area contributed by atoms with E-state index in [1.54, 1.807) is 6.07 Å². The van der Waals surface area contributed by atoms with Gasteiger partial charge in [-0.3, -0.25) is 9.35 Å². The van der Waals surface area contributed by atoms with Crippen LogP contribution in [0.5, 0.6) is 11.5 Å². The number of nitrogens with two attached hydrogens (primary N) is 1. The molecule has 5 N–H and O–H groups in total. The highest BCUT2D eigenvalue weighted by molar-refractivity contribution is 7.89. The summed E-state index contributed by atoms with van der Waals surface area (Å²) in [6.45, 7) is 12.0. The van der Waals surface area contributed by atoms with Crippen molar-refractivity contribution in [3.8, 4) is 11.5 Å². The van der Waals surface area contributed by atoms with Gasteiger partial charge in [0, 0.05) is 29.3 Å². The smallest absolute Gasteiger partial charge is 0.336 e. The number of carboxylic acids is 1. The molecule has 1 amide bonds. The summed E-state index contributed by atoms with van der Waals surface area (Å²) in [6.07, 6.45) is 0.761. The fraction of sp³-hybridized carbons (Fsp3) is 0.444. The molecule has 69 heavy (non-hydrogen) atoms. The summed E-state index contributed by atoms with van der Waals surface area (Å²) in [5.74, 6) is -3.00. The first kappa shape index (κ1) is 54.6. The molecule has 0 aromatic heterocycles. The number of hydrogen-bond donors (Lipinski definition) is 4. The van der Waals surface area contributed by atoms with Crippen LogP contribution in [0.25, 0.3) is 12.2 Å². The lowest BCUT2D eigenvalue weighted by Crippen LogP contribution is -2.34. The van der Waals surface area contributed by atoms with Gasteiger partial charge in [0.15, 0.2) is 16.4 Å². The molecule has 22 nitrogen and oxygen atoms in total. The van der Waals surface area contributed by atoms with Crippen molar-refractivity contribution < 1.29 is 88.3 Å². The molecule has 0 aliphatic carbocycles. The van der Waals surface area contributed by atoms with E-state index in [2.05, 4.69) is 17.9 Å². The summed E-state index contributed by atoms with van der Waals surface area (Å²) < 4.78 is 115. The fourth-order valence-electron chi connectivity index (χ4n) is 6.77. The lowest BCUT2D eigenvalue weighted by Gasteiger charge is -2.25. The highest BCUT2D eigenvalue weighted by Crippen LogP contribution is 2.44. The van der Waals surface area contributed by atoms with Crippen molar-refractivity contribution in [2.75, 3.05) is 118 Å². The van der Waals surface area contributed by atoms with Crippen molar-refractivity contribution in [2.24, 2.45) is 0 Å². The quantitative estimate of drug-likeness (QED) is 0.0298. The number of rotatable bonds is 33. The maximum absolute atomic E-state index is 13.8. The van der Waals surface area contributed by atoms with E-state index in [1.165, 1.54) is 42.5 Å². The third kappa shape index (κ3) is 16.1. The minimum atomic E-state index is -5.04. The van der Waals surface area contributed by atoms with Gasteiger partial charge < -0.3 is 58.3 Å². The Morgan fingerprint density at radius 3 is 1.70 bits per heavy atom. The van der Waals surface area contributed by atoms with Crippen LogP contribution in [0.15, 0.2) is 70.6 Å². The van der Waals surface area contributed by atoms with E-state index < -0.39 is 47.6 Å². The molecule has 5 rings (SSSR count). The van der Waals surface area contributed by atoms with E-state index in [1.807, 2.05) is 0 Å². The lowest BCUT2D eigenvalue weighted by atomic mass is 9.89. The molecule has 0 spiro atoms. The number of fused-ring (bicyclic) bond motifs is 2. The zero-order valence-electron chi connectivity index (χ0n) is 37.9. The first-order valence-corrected chi connectivity index (χ1v) is 24.6. The number of hydrogen-bond acceptors (Lipinski definition) is 18. The van der Waals surface area contributed by atoms with Gasteiger partial charge in [0.25, 0.3) is 16.0 Å². The molecule has 378 valence electrons.